The third kappa shape index (κ3) is 5.24. The van der Waals surface area contributed by atoms with E-state index in [4.69, 9.17) is 9.72 Å². The predicted octanol–water partition coefficient (Wildman–Crippen LogP) is 6.34. The molecule has 8 heteroatoms. The van der Waals surface area contributed by atoms with Gasteiger partial charge >= 0.3 is 0 Å². The number of ether oxygens (including phenoxy) is 1. The highest BCUT2D eigenvalue weighted by molar-refractivity contribution is 14.1. The van der Waals surface area contributed by atoms with Crippen LogP contribution in [0.2, 0.25) is 0 Å². The number of nitrogens with zero attached hydrogens (tertiary/aromatic N) is 3. The second-order valence-corrected chi connectivity index (χ2v) is 11.4. The summed E-state index contributed by atoms with van der Waals surface area (Å²) in [6.45, 7) is 10.1. The van der Waals surface area contributed by atoms with Gasteiger partial charge in [0, 0.05) is 9.89 Å². The van der Waals surface area contributed by atoms with Crippen LogP contribution in [-0.2, 0) is 5.41 Å². The zero-order valence-electron chi connectivity index (χ0n) is 17.3. The molecule has 0 amide bonds. The molecule has 0 atom stereocenters. The number of hydrogen-bond acceptors (Lipinski definition) is 4. The molecule has 0 spiro atoms. The molecule has 158 valence electrons. The van der Waals surface area contributed by atoms with Crippen molar-refractivity contribution in [1.29, 1.82) is 0 Å². The van der Waals surface area contributed by atoms with Gasteiger partial charge in [-0.05, 0) is 94.9 Å². The van der Waals surface area contributed by atoms with Crippen molar-refractivity contribution in [3.8, 4) is 5.75 Å². The number of halogens is 3. The van der Waals surface area contributed by atoms with Crippen LogP contribution in [0.4, 0.5) is 0 Å². The molecule has 0 aliphatic rings. The smallest absolute Gasteiger partial charge is 0.282 e. The summed E-state index contributed by atoms with van der Waals surface area (Å²) in [7, 11) is 0. The maximum Gasteiger partial charge on any atom is 0.282 e. The Labute approximate surface area is 211 Å². The van der Waals surface area contributed by atoms with Crippen LogP contribution < -0.4 is 10.3 Å². The molecule has 0 radical (unpaired) electrons. The van der Waals surface area contributed by atoms with Gasteiger partial charge in [0.05, 0.1) is 30.4 Å². The minimum atomic E-state index is -0.352. The molecule has 3 aromatic rings. The van der Waals surface area contributed by atoms with Gasteiger partial charge in [0.25, 0.3) is 5.56 Å². The number of aromatic nitrogens is 2. The maximum atomic E-state index is 13.2. The molecular formula is C22H22BrI2N3O2. The second kappa shape index (κ2) is 9.23. The van der Waals surface area contributed by atoms with Crippen molar-refractivity contribution < 1.29 is 4.74 Å². The quantitative estimate of drug-likeness (QED) is 0.237. The van der Waals surface area contributed by atoms with E-state index in [0.29, 0.717) is 16.7 Å². The zero-order valence-corrected chi connectivity index (χ0v) is 23.2. The minimum absolute atomic E-state index is 0.0995. The van der Waals surface area contributed by atoms with E-state index < -0.39 is 0 Å². The summed E-state index contributed by atoms with van der Waals surface area (Å²) in [5.74, 6) is 1.48. The van der Waals surface area contributed by atoms with Crippen molar-refractivity contribution in [2.75, 3.05) is 0 Å². The van der Waals surface area contributed by atoms with Gasteiger partial charge in [-0.1, -0.05) is 36.7 Å². The standard InChI is InChI=1S/C22H22BrI2N3O2/c1-12(2)30-19-16(24)8-13(9-17(19)25)11-26-28-20(29)15-10-14(23)6-7-18(15)27-21(28)22(3,4)5/h6-12H,1-5H3. The molecule has 0 saturated heterocycles. The summed E-state index contributed by atoms with van der Waals surface area (Å²) in [6, 6.07) is 9.52. The predicted molar refractivity (Wildman–Crippen MR) is 143 cm³/mol. The Balaban J connectivity index is 2.14. The summed E-state index contributed by atoms with van der Waals surface area (Å²) < 4.78 is 10.1. The van der Waals surface area contributed by atoms with Crippen molar-refractivity contribution in [1.82, 2.24) is 9.66 Å². The van der Waals surface area contributed by atoms with Crippen LogP contribution in [0.15, 0.2) is 44.7 Å². The molecule has 2 aromatic carbocycles. The summed E-state index contributed by atoms with van der Waals surface area (Å²) >= 11 is 7.96. The number of hydrogen-bond donors (Lipinski definition) is 0. The van der Waals surface area contributed by atoms with E-state index in [-0.39, 0.29) is 17.1 Å². The summed E-state index contributed by atoms with van der Waals surface area (Å²) in [5.41, 5.74) is 1.02. The molecule has 1 aromatic heterocycles. The molecule has 30 heavy (non-hydrogen) atoms. The number of fused-ring (bicyclic) bond motifs is 1. The average molecular weight is 694 g/mol. The van der Waals surface area contributed by atoms with Crippen LogP contribution >= 0.6 is 61.1 Å². The third-order valence-electron chi connectivity index (χ3n) is 4.18. The minimum Gasteiger partial charge on any atom is -0.489 e. The molecule has 0 bridgehead atoms. The van der Waals surface area contributed by atoms with Gasteiger partial charge in [-0.15, -0.1) is 0 Å². The number of benzene rings is 2. The van der Waals surface area contributed by atoms with E-state index in [9.17, 15) is 4.79 Å². The molecule has 1 heterocycles. The fourth-order valence-corrected chi connectivity index (χ4v) is 5.30. The lowest BCUT2D eigenvalue weighted by molar-refractivity contribution is 0.239. The topological polar surface area (TPSA) is 56.5 Å². The van der Waals surface area contributed by atoms with E-state index in [1.165, 1.54) is 4.68 Å². The Bertz CT molecular complexity index is 1170. The van der Waals surface area contributed by atoms with E-state index in [0.717, 1.165) is 22.9 Å². The Morgan fingerprint density at radius 2 is 1.80 bits per heavy atom. The van der Waals surface area contributed by atoms with Gasteiger partial charge < -0.3 is 4.74 Å². The van der Waals surface area contributed by atoms with Crippen molar-refractivity contribution in [2.24, 2.45) is 5.10 Å². The van der Waals surface area contributed by atoms with Gasteiger partial charge in [-0.3, -0.25) is 4.79 Å². The second-order valence-electron chi connectivity index (χ2n) is 8.19. The Hall–Kier alpha value is -1.01. The highest BCUT2D eigenvalue weighted by atomic mass is 127. The molecule has 0 N–H and O–H groups in total. The van der Waals surface area contributed by atoms with Crippen LogP contribution in [0.3, 0.4) is 0 Å². The van der Waals surface area contributed by atoms with E-state index in [1.807, 2.05) is 58.9 Å². The van der Waals surface area contributed by atoms with Gasteiger partial charge in [-0.25, -0.2) is 4.98 Å². The number of rotatable bonds is 4. The third-order valence-corrected chi connectivity index (χ3v) is 6.27. The van der Waals surface area contributed by atoms with Gasteiger partial charge in [0.1, 0.15) is 11.6 Å². The molecule has 0 unspecified atom stereocenters. The molecule has 5 nitrogen and oxygen atoms in total. The van der Waals surface area contributed by atoms with Crippen LogP contribution in [0.5, 0.6) is 5.75 Å². The first kappa shape index (κ1) is 23.6. The Morgan fingerprint density at radius 1 is 1.17 bits per heavy atom. The lowest BCUT2D eigenvalue weighted by Crippen LogP contribution is -2.29. The first-order valence-corrected chi connectivity index (χ1v) is 12.4. The summed E-state index contributed by atoms with van der Waals surface area (Å²) in [6.07, 6.45) is 1.80. The molecule has 0 aliphatic carbocycles. The highest BCUT2D eigenvalue weighted by Crippen LogP contribution is 2.29. The normalized spacial score (nSPS) is 12.3. The summed E-state index contributed by atoms with van der Waals surface area (Å²) in [4.78, 5) is 18.0. The largest absolute Gasteiger partial charge is 0.489 e. The van der Waals surface area contributed by atoms with Gasteiger partial charge in [-0.2, -0.15) is 9.78 Å². The van der Waals surface area contributed by atoms with Crippen molar-refractivity contribution in [3.05, 3.63) is 63.7 Å². The zero-order chi connectivity index (χ0) is 22.2. The first-order chi connectivity index (χ1) is 14.0. The van der Waals surface area contributed by atoms with E-state index in [2.05, 4.69) is 66.2 Å². The van der Waals surface area contributed by atoms with E-state index in [1.54, 1.807) is 12.3 Å². The van der Waals surface area contributed by atoms with Crippen LogP contribution in [0, 0.1) is 7.14 Å². The van der Waals surface area contributed by atoms with Crippen LogP contribution in [-0.4, -0.2) is 22.0 Å². The maximum absolute atomic E-state index is 13.2. The van der Waals surface area contributed by atoms with Gasteiger partial charge in [0.2, 0.25) is 0 Å². The lowest BCUT2D eigenvalue weighted by Gasteiger charge is -2.21. The Kier molecular flexibility index (Phi) is 7.28. The fourth-order valence-electron chi connectivity index (χ4n) is 2.87. The molecule has 0 aliphatic heterocycles. The van der Waals surface area contributed by atoms with Crippen LogP contribution in [0.1, 0.15) is 46.0 Å². The molecule has 0 fully saturated rings. The van der Waals surface area contributed by atoms with Crippen molar-refractivity contribution in [2.45, 2.75) is 46.1 Å². The van der Waals surface area contributed by atoms with Gasteiger partial charge in [0.15, 0.2) is 0 Å². The Morgan fingerprint density at radius 3 is 2.37 bits per heavy atom. The monoisotopic (exact) mass is 693 g/mol. The lowest BCUT2D eigenvalue weighted by atomic mass is 9.95. The molecular weight excluding hydrogens is 672 g/mol. The molecule has 0 saturated carbocycles. The SMILES string of the molecule is CC(C)Oc1c(I)cc(C=Nn2c(C(C)(C)C)nc3ccc(Br)cc3c2=O)cc1I. The fraction of sp³-hybridized carbons (Fsp3) is 0.318. The van der Waals surface area contributed by atoms with E-state index >= 15 is 0 Å². The molecule has 3 rings (SSSR count). The average Bonchev–Trinajstić information content (AvgIpc) is 2.63. The highest BCUT2D eigenvalue weighted by Gasteiger charge is 2.23. The summed E-state index contributed by atoms with van der Waals surface area (Å²) in [5, 5.41) is 5.08. The first-order valence-electron chi connectivity index (χ1n) is 9.40. The van der Waals surface area contributed by atoms with Crippen molar-refractivity contribution >= 4 is 78.2 Å². The van der Waals surface area contributed by atoms with Crippen molar-refractivity contribution in [3.63, 3.8) is 0 Å². The van der Waals surface area contributed by atoms with Crippen LogP contribution in [0.25, 0.3) is 10.9 Å².